The predicted molar refractivity (Wildman–Crippen MR) is 106 cm³/mol. The van der Waals surface area contributed by atoms with Crippen LogP contribution in [0.2, 0.25) is 0 Å². The number of carbonyl (C=O) groups excluding carboxylic acids is 2. The van der Waals surface area contributed by atoms with Crippen molar-refractivity contribution in [3.63, 3.8) is 0 Å². The molecular formula is C20H35N5O2. The average molecular weight is 378 g/mol. The normalized spacial score (nSPS) is 24.0. The van der Waals surface area contributed by atoms with Gasteiger partial charge >= 0.3 is 0 Å². The summed E-state index contributed by atoms with van der Waals surface area (Å²) < 4.78 is 0. The van der Waals surface area contributed by atoms with Crippen LogP contribution in [-0.2, 0) is 9.59 Å². The van der Waals surface area contributed by atoms with Gasteiger partial charge in [0.1, 0.15) is 0 Å². The third kappa shape index (κ3) is 6.40. The van der Waals surface area contributed by atoms with E-state index in [1.165, 1.54) is 19.3 Å². The van der Waals surface area contributed by atoms with Gasteiger partial charge < -0.3 is 20.9 Å². The number of nitrogens with one attached hydrogen (secondary N) is 3. The summed E-state index contributed by atoms with van der Waals surface area (Å²) in [6.07, 6.45) is 10.3. The summed E-state index contributed by atoms with van der Waals surface area (Å²) in [5.41, 5.74) is 0. The largest absolute Gasteiger partial charge is 0.356 e. The van der Waals surface area contributed by atoms with E-state index in [1.807, 2.05) is 4.90 Å². The Labute approximate surface area is 162 Å². The number of nitrogens with zero attached hydrogens (tertiary/aromatic N) is 2. The molecule has 152 valence electrons. The Kier molecular flexibility index (Phi) is 7.35. The molecule has 2 amide bonds. The second-order valence-corrected chi connectivity index (χ2v) is 8.19. The molecule has 1 aliphatic heterocycles. The molecule has 0 bridgehead atoms. The van der Waals surface area contributed by atoms with E-state index in [4.69, 9.17) is 0 Å². The van der Waals surface area contributed by atoms with Gasteiger partial charge in [0, 0.05) is 51.1 Å². The number of hydrogen-bond acceptors (Lipinski definition) is 3. The first-order chi connectivity index (χ1) is 13.2. The highest BCUT2D eigenvalue weighted by Gasteiger charge is 2.31. The van der Waals surface area contributed by atoms with Crippen molar-refractivity contribution in [2.75, 3.05) is 26.7 Å². The zero-order valence-electron chi connectivity index (χ0n) is 16.6. The maximum absolute atomic E-state index is 12.7. The summed E-state index contributed by atoms with van der Waals surface area (Å²) in [7, 11) is 1.76. The Hall–Kier alpha value is -1.79. The van der Waals surface area contributed by atoms with Gasteiger partial charge in [-0.2, -0.15) is 0 Å². The third-order valence-electron chi connectivity index (χ3n) is 5.83. The van der Waals surface area contributed by atoms with Gasteiger partial charge in [0.2, 0.25) is 11.8 Å². The highest BCUT2D eigenvalue weighted by Crippen LogP contribution is 2.26. The molecule has 1 unspecified atom stereocenters. The van der Waals surface area contributed by atoms with Gasteiger partial charge in [-0.05, 0) is 38.5 Å². The molecule has 7 nitrogen and oxygen atoms in total. The van der Waals surface area contributed by atoms with E-state index in [0.29, 0.717) is 18.4 Å². The molecule has 3 fully saturated rings. The minimum atomic E-state index is 0.148. The van der Waals surface area contributed by atoms with Crippen LogP contribution in [0.1, 0.15) is 64.2 Å². The van der Waals surface area contributed by atoms with E-state index < -0.39 is 0 Å². The number of likely N-dealkylation sites (tertiary alicyclic amines) is 1. The van der Waals surface area contributed by atoms with Gasteiger partial charge in [0.25, 0.3) is 0 Å². The fraction of sp³-hybridized carbons (Fsp3) is 0.850. The van der Waals surface area contributed by atoms with E-state index in [0.717, 1.165) is 64.1 Å². The third-order valence-corrected chi connectivity index (χ3v) is 5.83. The maximum atomic E-state index is 12.7. The van der Waals surface area contributed by atoms with Crippen molar-refractivity contribution >= 4 is 17.8 Å². The molecule has 0 spiro atoms. The lowest BCUT2D eigenvalue weighted by Crippen LogP contribution is -2.45. The minimum absolute atomic E-state index is 0.148. The number of guanidine groups is 1. The second kappa shape index (κ2) is 9.95. The summed E-state index contributed by atoms with van der Waals surface area (Å²) in [6, 6.07) is 0.684. The number of aliphatic imine (C=N–C) groups is 1. The Morgan fingerprint density at radius 1 is 1.00 bits per heavy atom. The van der Waals surface area contributed by atoms with Crippen LogP contribution < -0.4 is 16.0 Å². The maximum Gasteiger partial charge on any atom is 0.225 e. The molecule has 1 atom stereocenters. The van der Waals surface area contributed by atoms with Crippen molar-refractivity contribution in [2.24, 2.45) is 10.9 Å². The lowest BCUT2D eigenvalue weighted by atomic mass is 9.88. The van der Waals surface area contributed by atoms with Gasteiger partial charge in [-0.3, -0.25) is 14.6 Å². The quantitative estimate of drug-likeness (QED) is 0.356. The zero-order valence-corrected chi connectivity index (χ0v) is 16.6. The first-order valence-corrected chi connectivity index (χ1v) is 10.7. The summed E-state index contributed by atoms with van der Waals surface area (Å²) in [5.74, 6) is 1.50. The standard InChI is InChI=1S/C20H35N5O2/c1-21-20(22-12-5-8-18(26)23-16-9-10-16)24-17-11-13-25(14-17)19(27)15-6-3-2-4-7-15/h15-17H,2-14H2,1H3,(H,23,26)(H2,21,22,24). The van der Waals surface area contributed by atoms with Crippen molar-refractivity contribution in [3.8, 4) is 0 Å². The summed E-state index contributed by atoms with van der Waals surface area (Å²) >= 11 is 0. The van der Waals surface area contributed by atoms with Crippen LogP contribution in [0, 0.1) is 5.92 Å². The van der Waals surface area contributed by atoms with Crippen molar-refractivity contribution in [3.05, 3.63) is 0 Å². The van der Waals surface area contributed by atoms with E-state index in [-0.39, 0.29) is 17.9 Å². The predicted octanol–water partition coefficient (Wildman–Crippen LogP) is 1.39. The first-order valence-electron chi connectivity index (χ1n) is 10.7. The van der Waals surface area contributed by atoms with E-state index in [9.17, 15) is 9.59 Å². The lowest BCUT2D eigenvalue weighted by Gasteiger charge is -2.26. The topological polar surface area (TPSA) is 85.8 Å². The molecular weight excluding hydrogens is 342 g/mol. The van der Waals surface area contributed by atoms with Crippen molar-refractivity contribution in [1.82, 2.24) is 20.9 Å². The van der Waals surface area contributed by atoms with Crippen LogP contribution >= 0.6 is 0 Å². The molecule has 1 heterocycles. The molecule has 3 N–H and O–H groups in total. The van der Waals surface area contributed by atoms with Crippen molar-refractivity contribution < 1.29 is 9.59 Å². The molecule has 3 rings (SSSR count). The van der Waals surface area contributed by atoms with Gasteiger partial charge in [0.15, 0.2) is 5.96 Å². The number of amides is 2. The number of hydrogen-bond donors (Lipinski definition) is 3. The molecule has 0 radical (unpaired) electrons. The number of carbonyl (C=O) groups is 2. The van der Waals surface area contributed by atoms with E-state index in [1.54, 1.807) is 7.05 Å². The van der Waals surface area contributed by atoms with Crippen LogP contribution in [0.5, 0.6) is 0 Å². The van der Waals surface area contributed by atoms with E-state index in [2.05, 4.69) is 20.9 Å². The molecule has 0 aromatic heterocycles. The molecule has 3 aliphatic rings. The Morgan fingerprint density at radius 2 is 1.78 bits per heavy atom. The van der Waals surface area contributed by atoms with Crippen molar-refractivity contribution in [1.29, 1.82) is 0 Å². The molecule has 7 heteroatoms. The van der Waals surface area contributed by atoms with Gasteiger partial charge in [-0.15, -0.1) is 0 Å². The Bertz CT molecular complexity index is 540. The zero-order chi connectivity index (χ0) is 19.1. The molecule has 0 aromatic rings. The monoisotopic (exact) mass is 377 g/mol. The van der Waals surface area contributed by atoms with Crippen LogP contribution in [-0.4, -0.2) is 61.4 Å². The van der Waals surface area contributed by atoms with Crippen LogP contribution in [0.15, 0.2) is 4.99 Å². The van der Waals surface area contributed by atoms with Gasteiger partial charge in [-0.1, -0.05) is 19.3 Å². The summed E-state index contributed by atoms with van der Waals surface area (Å²) in [6.45, 7) is 2.32. The molecule has 1 saturated heterocycles. The molecule has 2 saturated carbocycles. The highest BCUT2D eigenvalue weighted by atomic mass is 16.2. The van der Waals surface area contributed by atoms with E-state index >= 15 is 0 Å². The molecule has 2 aliphatic carbocycles. The van der Waals surface area contributed by atoms with Crippen LogP contribution in [0.3, 0.4) is 0 Å². The highest BCUT2D eigenvalue weighted by molar-refractivity contribution is 5.81. The van der Waals surface area contributed by atoms with Gasteiger partial charge in [-0.25, -0.2) is 0 Å². The number of rotatable bonds is 7. The summed E-state index contributed by atoms with van der Waals surface area (Å²) in [5, 5.41) is 9.72. The first kappa shape index (κ1) is 20.0. The molecule has 0 aromatic carbocycles. The second-order valence-electron chi connectivity index (χ2n) is 8.19. The Morgan fingerprint density at radius 3 is 2.48 bits per heavy atom. The molecule has 27 heavy (non-hydrogen) atoms. The minimum Gasteiger partial charge on any atom is -0.356 e. The van der Waals surface area contributed by atoms with Crippen molar-refractivity contribution in [2.45, 2.75) is 76.3 Å². The van der Waals surface area contributed by atoms with Gasteiger partial charge in [0.05, 0.1) is 0 Å². The Balaban J connectivity index is 1.32. The average Bonchev–Trinajstić information content (AvgIpc) is 3.38. The smallest absolute Gasteiger partial charge is 0.225 e. The SMILES string of the molecule is CN=C(NCCCC(=O)NC1CC1)NC1CCN(C(=O)C2CCCCC2)C1. The lowest BCUT2D eigenvalue weighted by molar-refractivity contribution is -0.135. The fourth-order valence-electron chi connectivity index (χ4n) is 4.06. The fourth-order valence-corrected chi connectivity index (χ4v) is 4.06. The van der Waals surface area contributed by atoms with Crippen LogP contribution in [0.25, 0.3) is 0 Å². The summed E-state index contributed by atoms with van der Waals surface area (Å²) in [4.78, 5) is 30.7. The van der Waals surface area contributed by atoms with Crippen LogP contribution in [0.4, 0.5) is 0 Å².